The maximum atomic E-state index is 15.7. The van der Waals surface area contributed by atoms with Crippen LogP contribution in [0.3, 0.4) is 0 Å². The number of hydrogen-bond donors (Lipinski definition) is 1. The van der Waals surface area contributed by atoms with Gasteiger partial charge in [0, 0.05) is 24.6 Å². The van der Waals surface area contributed by atoms with E-state index in [1.54, 1.807) is 18.2 Å². The Morgan fingerprint density at radius 3 is 2.40 bits per heavy atom. The fraction of sp³-hybridized carbons (Fsp3) is 0.533. The molecule has 2 unspecified atom stereocenters. The molecule has 0 bridgehead atoms. The van der Waals surface area contributed by atoms with E-state index in [9.17, 15) is 14.3 Å². The van der Waals surface area contributed by atoms with Gasteiger partial charge in [-0.25, -0.2) is 13.6 Å². The highest BCUT2D eigenvalue weighted by Crippen LogP contribution is 2.53. The van der Waals surface area contributed by atoms with Crippen LogP contribution in [0.2, 0.25) is 0 Å². The zero-order valence-corrected chi connectivity index (χ0v) is 11.1. The van der Waals surface area contributed by atoms with Crippen LogP contribution in [0.4, 0.5) is 8.78 Å². The van der Waals surface area contributed by atoms with Crippen molar-refractivity contribution in [3.8, 4) is 0 Å². The molecule has 2 atom stereocenters. The van der Waals surface area contributed by atoms with Gasteiger partial charge in [-0.05, 0) is 12.8 Å². The summed E-state index contributed by atoms with van der Waals surface area (Å²) in [5, 5.41) is 9.22. The Balaban J connectivity index is 2.09. The van der Waals surface area contributed by atoms with Crippen LogP contribution in [0.15, 0.2) is 30.3 Å². The summed E-state index contributed by atoms with van der Waals surface area (Å²) in [6, 6.07) is 7.79. The van der Waals surface area contributed by atoms with Crippen molar-refractivity contribution in [3.05, 3.63) is 35.9 Å². The lowest BCUT2D eigenvalue weighted by molar-refractivity contribution is -0.179. The summed E-state index contributed by atoms with van der Waals surface area (Å²) in [7, 11) is 0. The molecule has 1 aliphatic carbocycles. The van der Waals surface area contributed by atoms with Crippen LogP contribution in [0.1, 0.15) is 31.2 Å². The Morgan fingerprint density at radius 2 is 1.90 bits per heavy atom. The molecule has 1 saturated heterocycles. The molecule has 0 amide bonds. The van der Waals surface area contributed by atoms with Crippen molar-refractivity contribution in [3.63, 3.8) is 0 Å². The second-order valence-corrected chi connectivity index (χ2v) is 5.62. The number of aliphatic carboxylic acids is 1. The van der Waals surface area contributed by atoms with Gasteiger partial charge in [-0.1, -0.05) is 36.8 Å². The first-order chi connectivity index (χ1) is 9.50. The summed E-state index contributed by atoms with van der Waals surface area (Å²) in [4.78, 5) is 12.8. The second-order valence-electron chi connectivity index (χ2n) is 5.62. The molecule has 20 heavy (non-hydrogen) atoms. The monoisotopic (exact) mass is 281 g/mol. The number of carbonyl (C=O) groups is 1. The average molecular weight is 281 g/mol. The molecule has 2 fully saturated rings. The topological polar surface area (TPSA) is 40.5 Å². The lowest BCUT2D eigenvalue weighted by atomic mass is 9.84. The second kappa shape index (κ2) is 4.52. The number of alkyl halides is 2. The lowest BCUT2D eigenvalue weighted by Crippen LogP contribution is -2.57. The van der Waals surface area contributed by atoms with Crippen molar-refractivity contribution >= 4 is 5.97 Å². The van der Waals surface area contributed by atoms with Crippen LogP contribution in [0, 0.1) is 0 Å². The molecular formula is C15H17F2NO2. The number of likely N-dealkylation sites (tertiary alicyclic amines) is 1. The van der Waals surface area contributed by atoms with E-state index in [0.29, 0.717) is 0 Å². The molecule has 1 saturated carbocycles. The molecule has 1 N–H and O–H groups in total. The minimum atomic E-state index is -2.88. The van der Waals surface area contributed by atoms with Crippen LogP contribution in [-0.2, 0) is 10.6 Å². The smallest absolute Gasteiger partial charge is 0.346 e. The lowest BCUT2D eigenvalue weighted by Gasteiger charge is -2.44. The summed E-state index contributed by atoms with van der Waals surface area (Å²) in [5.74, 6) is -4.30. The number of rotatable bonds is 3. The van der Waals surface area contributed by atoms with Gasteiger partial charge in [0.15, 0.2) is 0 Å². The van der Waals surface area contributed by atoms with Crippen molar-refractivity contribution in [1.29, 1.82) is 0 Å². The number of carboxylic acids is 1. The third-order valence-corrected chi connectivity index (χ3v) is 4.63. The van der Waals surface area contributed by atoms with Gasteiger partial charge in [-0.15, -0.1) is 0 Å². The number of hydrogen-bond acceptors (Lipinski definition) is 2. The normalized spacial score (nSPS) is 34.9. The standard InChI is InChI=1S/C15H17F2NO2/c16-14(13(19)20)9-10-18(12-7-4-8-12)15(14,17)11-5-2-1-3-6-11/h1-3,5-6,12H,4,7-10H2,(H,19,20). The van der Waals surface area contributed by atoms with E-state index in [-0.39, 0.29) is 24.6 Å². The molecule has 5 heteroatoms. The third kappa shape index (κ3) is 1.62. The number of carboxylic acid groups (broad SMARTS) is 1. The molecule has 3 rings (SSSR count). The zero-order valence-electron chi connectivity index (χ0n) is 11.1. The molecule has 1 heterocycles. The minimum absolute atomic E-state index is 0.0582. The summed E-state index contributed by atoms with van der Waals surface area (Å²) in [5.41, 5.74) is -2.79. The van der Waals surface area contributed by atoms with E-state index in [1.807, 2.05) is 0 Å². The van der Waals surface area contributed by atoms with E-state index in [1.165, 1.54) is 17.0 Å². The van der Waals surface area contributed by atoms with E-state index < -0.39 is 17.4 Å². The zero-order chi connectivity index (χ0) is 14.4. The number of benzene rings is 1. The van der Waals surface area contributed by atoms with Crippen LogP contribution >= 0.6 is 0 Å². The van der Waals surface area contributed by atoms with Gasteiger partial charge in [0.25, 0.3) is 5.67 Å². The minimum Gasteiger partial charge on any atom is -0.479 e. The third-order valence-electron chi connectivity index (χ3n) is 4.63. The Hall–Kier alpha value is -1.49. The summed E-state index contributed by atoms with van der Waals surface area (Å²) >= 11 is 0. The van der Waals surface area contributed by atoms with Gasteiger partial charge in [0.05, 0.1) is 0 Å². The molecule has 1 aromatic carbocycles. The van der Waals surface area contributed by atoms with E-state index in [4.69, 9.17) is 0 Å². The van der Waals surface area contributed by atoms with E-state index in [0.717, 1.165) is 19.3 Å². The quantitative estimate of drug-likeness (QED) is 0.866. The molecule has 1 aliphatic heterocycles. The van der Waals surface area contributed by atoms with Crippen molar-refractivity contribution in [1.82, 2.24) is 4.90 Å². The average Bonchev–Trinajstić information content (AvgIpc) is 2.65. The van der Waals surface area contributed by atoms with Crippen molar-refractivity contribution in [2.24, 2.45) is 0 Å². The van der Waals surface area contributed by atoms with Crippen LogP contribution in [-0.4, -0.2) is 34.2 Å². The van der Waals surface area contributed by atoms with Crippen LogP contribution in [0.5, 0.6) is 0 Å². The first-order valence-corrected chi connectivity index (χ1v) is 6.93. The Bertz CT molecular complexity index is 520. The van der Waals surface area contributed by atoms with E-state index in [2.05, 4.69) is 0 Å². The summed E-state index contributed by atoms with van der Waals surface area (Å²) < 4.78 is 30.6. The van der Waals surface area contributed by atoms with Gasteiger partial charge >= 0.3 is 5.97 Å². The van der Waals surface area contributed by atoms with Gasteiger partial charge in [0.1, 0.15) is 0 Å². The highest BCUT2D eigenvalue weighted by Gasteiger charge is 2.68. The first-order valence-electron chi connectivity index (χ1n) is 6.93. The molecule has 1 aromatic rings. The SMILES string of the molecule is O=C(O)C1(F)CCN(C2CCC2)C1(F)c1ccccc1. The van der Waals surface area contributed by atoms with Gasteiger partial charge in [-0.2, -0.15) is 0 Å². The fourth-order valence-corrected chi connectivity index (χ4v) is 3.26. The molecular weight excluding hydrogens is 264 g/mol. The van der Waals surface area contributed by atoms with Crippen LogP contribution in [0.25, 0.3) is 0 Å². The molecule has 0 spiro atoms. The highest BCUT2D eigenvalue weighted by atomic mass is 19.2. The largest absolute Gasteiger partial charge is 0.479 e. The Morgan fingerprint density at radius 1 is 1.25 bits per heavy atom. The molecule has 2 aliphatic rings. The predicted octanol–water partition coefficient (Wildman–Crippen LogP) is 2.86. The first kappa shape index (κ1) is 13.5. The van der Waals surface area contributed by atoms with E-state index >= 15 is 4.39 Å². The fourth-order valence-electron chi connectivity index (χ4n) is 3.26. The van der Waals surface area contributed by atoms with Crippen molar-refractivity contribution in [2.75, 3.05) is 6.54 Å². The molecule has 0 aromatic heterocycles. The van der Waals surface area contributed by atoms with Gasteiger partial charge in [-0.3, -0.25) is 4.90 Å². The van der Waals surface area contributed by atoms with Gasteiger partial charge < -0.3 is 5.11 Å². The Labute approximate surface area is 116 Å². The van der Waals surface area contributed by atoms with Crippen molar-refractivity contribution in [2.45, 2.75) is 43.2 Å². The molecule has 0 radical (unpaired) electrons. The maximum Gasteiger partial charge on any atom is 0.346 e. The highest BCUT2D eigenvalue weighted by molar-refractivity contribution is 5.80. The summed E-state index contributed by atoms with van der Waals surface area (Å²) in [6.07, 6.45) is 2.27. The Kier molecular flexibility index (Phi) is 3.05. The molecule has 3 nitrogen and oxygen atoms in total. The van der Waals surface area contributed by atoms with Crippen LogP contribution < -0.4 is 0 Å². The predicted molar refractivity (Wildman–Crippen MR) is 69.7 cm³/mol. The van der Waals surface area contributed by atoms with Gasteiger partial charge in [0.2, 0.25) is 5.79 Å². The maximum absolute atomic E-state index is 15.7. The van der Waals surface area contributed by atoms with Crippen molar-refractivity contribution < 1.29 is 18.7 Å². The molecule has 108 valence electrons. The number of halogens is 2. The summed E-state index contributed by atoms with van der Waals surface area (Å²) in [6.45, 7) is 0.138. The number of nitrogens with zero attached hydrogens (tertiary/aromatic N) is 1.